The quantitative estimate of drug-likeness (QED) is 0.565. The lowest BCUT2D eigenvalue weighted by molar-refractivity contribution is -0.120. The summed E-state index contributed by atoms with van der Waals surface area (Å²) >= 11 is 1.26. The summed E-state index contributed by atoms with van der Waals surface area (Å²) in [7, 11) is 0. The minimum atomic E-state index is -0.322. The average Bonchev–Trinajstić information content (AvgIpc) is 3.12. The number of amides is 3. The van der Waals surface area contributed by atoms with E-state index >= 15 is 0 Å². The van der Waals surface area contributed by atoms with Crippen LogP contribution in [0.2, 0.25) is 0 Å². The van der Waals surface area contributed by atoms with Gasteiger partial charge in [0.1, 0.15) is 6.54 Å². The van der Waals surface area contributed by atoms with Gasteiger partial charge >= 0.3 is 0 Å². The number of benzene rings is 1. The Labute approximate surface area is 181 Å². The minimum absolute atomic E-state index is 0.0726. The molecule has 0 saturated carbocycles. The van der Waals surface area contributed by atoms with Crippen molar-refractivity contribution in [3.05, 3.63) is 46.5 Å². The van der Waals surface area contributed by atoms with E-state index in [1.807, 2.05) is 32.9 Å². The van der Waals surface area contributed by atoms with Crippen LogP contribution in [0.5, 0.6) is 0 Å². The molecule has 30 heavy (non-hydrogen) atoms. The van der Waals surface area contributed by atoms with Gasteiger partial charge < -0.3 is 15.5 Å². The van der Waals surface area contributed by atoms with E-state index in [0.717, 1.165) is 18.4 Å². The van der Waals surface area contributed by atoms with E-state index in [4.69, 9.17) is 0 Å². The van der Waals surface area contributed by atoms with Gasteiger partial charge in [0.25, 0.3) is 5.91 Å². The van der Waals surface area contributed by atoms with Crippen LogP contribution in [-0.4, -0.2) is 46.7 Å². The fourth-order valence-electron chi connectivity index (χ4n) is 2.74. The fraction of sp³-hybridized carbons (Fsp3) is 0.455. The van der Waals surface area contributed by atoms with E-state index in [0.29, 0.717) is 22.9 Å². The fourth-order valence-corrected chi connectivity index (χ4v) is 3.47. The number of nitrogens with zero attached hydrogens (tertiary/aromatic N) is 2. The van der Waals surface area contributed by atoms with Crippen LogP contribution in [0.4, 0.5) is 5.13 Å². The highest BCUT2D eigenvalue weighted by Gasteiger charge is 2.22. The number of carbonyl (C=O) groups excluding carboxylic acids is 3. The monoisotopic (exact) mass is 430 g/mol. The van der Waals surface area contributed by atoms with Crippen LogP contribution in [0.3, 0.4) is 0 Å². The molecule has 0 aliphatic heterocycles. The topological polar surface area (TPSA) is 91.4 Å². The summed E-state index contributed by atoms with van der Waals surface area (Å²) in [5.41, 5.74) is 2.23. The lowest BCUT2D eigenvalue weighted by Crippen LogP contribution is -2.42. The first-order valence-corrected chi connectivity index (χ1v) is 11.1. The molecule has 0 unspecified atom stereocenters. The van der Waals surface area contributed by atoms with Crippen LogP contribution in [0.25, 0.3) is 0 Å². The number of anilines is 1. The minimum Gasteiger partial charge on any atom is -0.356 e. The first-order valence-electron chi connectivity index (χ1n) is 10.2. The molecule has 2 aromatic rings. The number of nitrogens with one attached hydrogen (secondary N) is 2. The van der Waals surface area contributed by atoms with Gasteiger partial charge in [-0.3, -0.25) is 14.4 Å². The maximum absolute atomic E-state index is 12.8. The van der Waals surface area contributed by atoms with Crippen molar-refractivity contribution in [2.75, 3.05) is 18.4 Å². The van der Waals surface area contributed by atoms with Gasteiger partial charge in [-0.25, -0.2) is 4.98 Å². The first kappa shape index (κ1) is 23.5. The van der Waals surface area contributed by atoms with Gasteiger partial charge in [0.15, 0.2) is 5.13 Å². The number of unbranched alkanes of at least 4 members (excludes halogenated alkanes) is 1. The Morgan fingerprint density at radius 2 is 1.83 bits per heavy atom. The molecule has 3 amide bonds. The molecule has 0 aliphatic carbocycles. The van der Waals surface area contributed by atoms with Gasteiger partial charge in [0, 0.05) is 23.5 Å². The Kier molecular flexibility index (Phi) is 8.98. The number of aromatic nitrogens is 1. The maximum atomic E-state index is 12.8. The standard InChI is InChI=1S/C22H30N4O3S/c1-5-6-11-23-19(27)12-18-14-30-22(24-18)25-20(28)13-26(15(2)3)21(29)17-9-7-16(4)8-10-17/h7-10,14-15H,5-6,11-13H2,1-4H3,(H,23,27)(H,24,25,28). The Morgan fingerprint density at radius 1 is 1.13 bits per heavy atom. The highest BCUT2D eigenvalue weighted by Crippen LogP contribution is 2.16. The molecular weight excluding hydrogens is 400 g/mol. The molecule has 1 heterocycles. The summed E-state index contributed by atoms with van der Waals surface area (Å²) in [6.45, 7) is 8.35. The van der Waals surface area contributed by atoms with Gasteiger partial charge in [-0.15, -0.1) is 11.3 Å². The summed E-state index contributed by atoms with van der Waals surface area (Å²) in [6.07, 6.45) is 2.14. The van der Waals surface area contributed by atoms with Crippen LogP contribution < -0.4 is 10.6 Å². The molecule has 0 spiro atoms. The van der Waals surface area contributed by atoms with Crippen LogP contribution >= 0.6 is 11.3 Å². The summed E-state index contributed by atoms with van der Waals surface area (Å²) in [6, 6.07) is 7.15. The van der Waals surface area contributed by atoms with Crippen molar-refractivity contribution in [1.82, 2.24) is 15.2 Å². The molecule has 162 valence electrons. The molecule has 0 fully saturated rings. The number of hydrogen-bond acceptors (Lipinski definition) is 5. The van der Waals surface area contributed by atoms with Crippen molar-refractivity contribution in [2.24, 2.45) is 0 Å². The number of hydrogen-bond donors (Lipinski definition) is 2. The molecule has 2 rings (SSSR count). The average molecular weight is 431 g/mol. The Hall–Kier alpha value is -2.74. The zero-order chi connectivity index (χ0) is 22.1. The van der Waals surface area contributed by atoms with Gasteiger partial charge in [-0.1, -0.05) is 31.0 Å². The van der Waals surface area contributed by atoms with Crippen molar-refractivity contribution < 1.29 is 14.4 Å². The zero-order valence-corrected chi connectivity index (χ0v) is 18.8. The van der Waals surface area contributed by atoms with Crippen molar-refractivity contribution in [2.45, 2.75) is 53.0 Å². The molecule has 0 radical (unpaired) electrons. The zero-order valence-electron chi connectivity index (χ0n) is 18.0. The Bertz CT molecular complexity index is 862. The van der Waals surface area contributed by atoms with E-state index in [-0.39, 0.29) is 36.7 Å². The van der Waals surface area contributed by atoms with Gasteiger partial charge in [0.05, 0.1) is 12.1 Å². The summed E-state index contributed by atoms with van der Waals surface area (Å²) in [4.78, 5) is 43.0. The van der Waals surface area contributed by atoms with Crippen LogP contribution in [0.15, 0.2) is 29.6 Å². The molecule has 1 aromatic carbocycles. The third-order valence-corrected chi connectivity index (χ3v) is 5.30. The van der Waals surface area contributed by atoms with E-state index in [1.165, 1.54) is 16.2 Å². The van der Waals surface area contributed by atoms with Crippen molar-refractivity contribution in [1.29, 1.82) is 0 Å². The van der Waals surface area contributed by atoms with E-state index in [2.05, 4.69) is 22.5 Å². The molecule has 2 N–H and O–H groups in total. The second-order valence-corrected chi connectivity index (χ2v) is 8.32. The van der Waals surface area contributed by atoms with E-state index < -0.39 is 0 Å². The molecule has 0 saturated heterocycles. The largest absolute Gasteiger partial charge is 0.356 e. The molecular formula is C22H30N4O3S. The molecule has 0 atom stereocenters. The summed E-state index contributed by atoms with van der Waals surface area (Å²) in [5, 5.41) is 7.75. The lowest BCUT2D eigenvalue weighted by Gasteiger charge is -2.26. The number of carbonyl (C=O) groups is 3. The lowest BCUT2D eigenvalue weighted by atomic mass is 10.1. The first-order chi connectivity index (χ1) is 14.3. The maximum Gasteiger partial charge on any atom is 0.254 e. The molecule has 8 heteroatoms. The Morgan fingerprint density at radius 3 is 2.47 bits per heavy atom. The third kappa shape index (κ3) is 7.26. The molecule has 0 aliphatic rings. The normalized spacial score (nSPS) is 10.7. The smallest absolute Gasteiger partial charge is 0.254 e. The summed E-state index contributed by atoms with van der Waals surface area (Å²) in [5.74, 6) is -0.595. The van der Waals surface area contributed by atoms with E-state index in [9.17, 15) is 14.4 Å². The predicted octanol–water partition coefficient (Wildman–Crippen LogP) is 3.40. The molecule has 0 bridgehead atoms. The number of aryl methyl sites for hydroxylation is 1. The van der Waals surface area contributed by atoms with Crippen molar-refractivity contribution in [3.8, 4) is 0 Å². The molecule has 1 aromatic heterocycles. The van der Waals surface area contributed by atoms with Crippen LogP contribution in [0, 0.1) is 6.92 Å². The highest BCUT2D eigenvalue weighted by molar-refractivity contribution is 7.13. The second kappa shape index (κ2) is 11.4. The van der Waals surface area contributed by atoms with E-state index in [1.54, 1.807) is 17.5 Å². The Balaban J connectivity index is 1.93. The van der Waals surface area contributed by atoms with Crippen molar-refractivity contribution >= 4 is 34.2 Å². The van der Waals surface area contributed by atoms with Gasteiger partial charge in [-0.2, -0.15) is 0 Å². The second-order valence-electron chi connectivity index (χ2n) is 7.47. The van der Waals surface area contributed by atoms with Crippen molar-refractivity contribution in [3.63, 3.8) is 0 Å². The van der Waals surface area contributed by atoms with Gasteiger partial charge in [-0.05, 0) is 39.3 Å². The molecule has 7 nitrogen and oxygen atoms in total. The van der Waals surface area contributed by atoms with Gasteiger partial charge in [0.2, 0.25) is 11.8 Å². The third-order valence-electron chi connectivity index (χ3n) is 4.49. The van der Waals surface area contributed by atoms with Crippen LogP contribution in [-0.2, 0) is 16.0 Å². The number of thiazole rings is 1. The summed E-state index contributed by atoms with van der Waals surface area (Å²) < 4.78 is 0. The predicted molar refractivity (Wildman–Crippen MR) is 120 cm³/mol. The highest BCUT2D eigenvalue weighted by atomic mass is 32.1. The SMILES string of the molecule is CCCCNC(=O)Cc1csc(NC(=O)CN(C(=O)c2ccc(C)cc2)C(C)C)n1. The number of rotatable bonds is 10. The van der Waals surface area contributed by atoms with Crippen LogP contribution in [0.1, 0.15) is 55.2 Å².